The molecule has 0 aliphatic heterocycles. The molecule has 2 nitrogen and oxygen atoms in total. The van der Waals surface area contributed by atoms with Gasteiger partial charge in [0, 0.05) is 10.6 Å². The van der Waals surface area contributed by atoms with Crippen molar-refractivity contribution in [3.8, 4) is 6.07 Å². The van der Waals surface area contributed by atoms with E-state index < -0.39 is 11.4 Å². The van der Waals surface area contributed by atoms with E-state index in [0.717, 1.165) is 6.07 Å². The number of nitrogens with two attached hydrogens (primary N) is 1. The van der Waals surface area contributed by atoms with Crippen molar-refractivity contribution in [1.29, 1.82) is 5.26 Å². The van der Waals surface area contributed by atoms with Gasteiger partial charge >= 0.3 is 0 Å². The summed E-state index contributed by atoms with van der Waals surface area (Å²) in [6, 6.07) is 4.26. The number of nitrogens with zero attached hydrogens (tertiary/aromatic N) is 1. The molecule has 0 radical (unpaired) electrons. The summed E-state index contributed by atoms with van der Waals surface area (Å²) in [4.78, 5) is 0. The van der Waals surface area contributed by atoms with Gasteiger partial charge in [0.15, 0.2) is 0 Å². The Morgan fingerprint density at radius 3 is 2.57 bits per heavy atom. The topological polar surface area (TPSA) is 49.8 Å². The predicted molar refractivity (Wildman–Crippen MR) is 53.6 cm³/mol. The number of hydrogen-bond donors (Lipinski definition) is 1. The van der Waals surface area contributed by atoms with Gasteiger partial charge in [-0.1, -0.05) is 23.2 Å². The highest BCUT2D eigenvalue weighted by Gasteiger charge is 2.28. The van der Waals surface area contributed by atoms with Crippen LogP contribution in [0.25, 0.3) is 0 Å². The predicted octanol–water partition coefficient (Wildman–Crippen LogP) is 2.83. The average molecular weight is 233 g/mol. The van der Waals surface area contributed by atoms with Crippen LogP contribution in [0.3, 0.4) is 0 Å². The van der Waals surface area contributed by atoms with Gasteiger partial charge in [-0.25, -0.2) is 4.39 Å². The van der Waals surface area contributed by atoms with E-state index in [1.54, 1.807) is 0 Å². The molecule has 1 atom stereocenters. The molecule has 0 amide bonds. The van der Waals surface area contributed by atoms with Gasteiger partial charge in [0.25, 0.3) is 0 Å². The zero-order chi connectivity index (χ0) is 10.9. The van der Waals surface area contributed by atoms with Gasteiger partial charge in [0.1, 0.15) is 11.4 Å². The van der Waals surface area contributed by atoms with E-state index in [-0.39, 0.29) is 15.6 Å². The molecule has 0 aliphatic carbocycles. The molecule has 1 rings (SSSR count). The van der Waals surface area contributed by atoms with Crippen LogP contribution in [0.2, 0.25) is 10.0 Å². The first-order valence-electron chi connectivity index (χ1n) is 3.74. The van der Waals surface area contributed by atoms with Crippen LogP contribution in [0.5, 0.6) is 0 Å². The SMILES string of the molecule is C[C@](N)(C#N)c1c(Cl)ccc(F)c1Cl. The third-order valence-corrected chi connectivity index (χ3v) is 2.48. The van der Waals surface area contributed by atoms with Gasteiger partial charge in [-0.2, -0.15) is 5.26 Å². The van der Waals surface area contributed by atoms with E-state index in [1.807, 2.05) is 6.07 Å². The smallest absolute Gasteiger partial charge is 0.142 e. The fourth-order valence-electron chi connectivity index (χ4n) is 1.06. The molecule has 2 N–H and O–H groups in total. The third-order valence-electron chi connectivity index (χ3n) is 1.80. The van der Waals surface area contributed by atoms with Gasteiger partial charge in [0.05, 0.1) is 11.1 Å². The molecule has 0 unspecified atom stereocenters. The molecule has 0 bridgehead atoms. The second-order valence-corrected chi connectivity index (χ2v) is 3.82. The van der Waals surface area contributed by atoms with Crippen molar-refractivity contribution in [3.05, 3.63) is 33.6 Å². The largest absolute Gasteiger partial charge is 0.310 e. The monoisotopic (exact) mass is 232 g/mol. The van der Waals surface area contributed by atoms with Gasteiger partial charge in [-0.15, -0.1) is 0 Å². The van der Waals surface area contributed by atoms with Gasteiger partial charge in [-0.05, 0) is 19.1 Å². The first kappa shape index (κ1) is 11.3. The molecule has 0 aromatic heterocycles. The van der Waals surface area contributed by atoms with E-state index in [2.05, 4.69) is 0 Å². The first-order valence-corrected chi connectivity index (χ1v) is 4.50. The van der Waals surface area contributed by atoms with E-state index in [1.165, 1.54) is 13.0 Å². The van der Waals surface area contributed by atoms with Crippen LogP contribution >= 0.6 is 23.2 Å². The quantitative estimate of drug-likeness (QED) is 0.758. The van der Waals surface area contributed by atoms with E-state index in [9.17, 15) is 4.39 Å². The molecular weight excluding hydrogens is 226 g/mol. The van der Waals surface area contributed by atoms with Crippen LogP contribution in [0.15, 0.2) is 12.1 Å². The summed E-state index contributed by atoms with van der Waals surface area (Å²) in [6.07, 6.45) is 0. The molecule has 0 spiro atoms. The number of halogens is 3. The summed E-state index contributed by atoms with van der Waals surface area (Å²) in [5.41, 5.74) is 4.33. The lowest BCUT2D eigenvalue weighted by atomic mass is 9.95. The van der Waals surface area contributed by atoms with Crippen molar-refractivity contribution in [2.24, 2.45) is 5.73 Å². The number of benzene rings is 1. The normalized spacial score (nSPS) is 14.6. The lowest BCUT2D eigenvalue weighted by Gasteiger charge is -2.19. The summed E-state index contributed by atoms with van der Waals surface area (Å²) >= 11 is 11.5. The Bertz CT molecular complexity index is 410. The highest BCUT2D eigenvalue weighted by atomic mass is 35.5. The van der Waals surface area contributed by atoms with Crippen LogP contribution in [0, 0.1) is 17.1 Å². The number of nitriles is 1. The summed E-state index contributed by atoms with van der Waals surface area (Å²) in [5, 5.41) is 8.75. The molecule has 0 saturated carbocycles. The van der Waals surface area contributed by atoms with Crippen molar-refractivity contribution >= 4 is 23.2 Å². The van der Waals surface area contributed by atoms with Crippen molar-refractivity contribution in [2.75, 3.05) is 0 Å². The zero-order valence-electron chi connectivity index (χ0n) is 7.31. The van der Waals surface area contributed by atoms with Crippen LogP contribution in [0.4, 0.5) is 4.39 Å². The summed E-state index contributed by atoms with van der Waals surface area (Å²) in [6.45, 7) is 1.42. The Morgan fingerprint density at radius 1 is 1.50 bits per heavy atom. The molecule has 14 heavy (non-hydrogen) atoms. The Hall–Kier alpha value is -0.820. The van der Waals surface area contributed by atoms with Gasteiger partial charge < -0.3 is 5.73 Å². The molecule has 5 heteroatoms. The Morgan fingerprint density at radius 2 is 2.07 bits per heavy atom. The highest BCUT2D eigenvalue weighted by Crippen LogP contribution is 2.34. The molecule has 0 heterocycles. The van der Waals surface area contributed by atoms with Crippen LogP contribution in [-0.4, -0.2) is 0 Å². The van der Waals surface area contributed by atoms with Gasteiger partial charge in [0.2, 0.25) is 0 Å². The molecule has 74 valence electrons. The lowest BCUT2D eigenvalue weighted by Crippen LogP contribution is -2.31. The first-order chi connectivity index (χ1) is 6.40. The van der Waals surface area contributed by atoms with E-state index in [4.69, 9.17) is 34.2 Å². The minimum Gasteiger partial charge on any atom is -0.310 e. The maximum absolute atomic E-state index is 13.1. The standard InChI is InChI=1S/C9H7Cl2FN2/c1-9(14,4-13)7-5(10)2-3-6(12)8(7)11/h2-3H,14H2,1H3/t9-/m0/s1. The second kappa shape index (κ2) is 3.74. The maximum Gasteiger partial charge on any atom is 0.142 e. The molecule has 0 aliphatic rings. The van der Waals surface area contributed by atoms with Crippen molar-refractivity contribution in [2.45, 2.75) is 12.5 Å². The Kier molecular flexibility index (Phi) is 3.01. The number of hydrogen-bond acceptors (Lipinski definition) is 2. The Balaban J connectivity index is 3.49. The molecular formula is C9H7Cl2FN2. The lowest BCUT2D eigenvalue weighted by molar-refractivity contribution is 0.604. The van der Waals surface area contributed by atoms with E-state index in [0.29, 0.717) is 0 Å². The zero-order valence-corrected chi connectivity index (χ0v) is 8.83. The Labute approximate surface area is 91.0 Å². The molecule has 0 saturated heterocycles. The van der Waals surface area contributed by atoms with Crippen LogP contribution in [0.1, 0.15) is 12.5 Å². The van der Waals surface area contributed by atoms with Crippen molar-refractivity contribution in [1.82, 2.24) is 0 Å². The maximum atomic E-state index is 13.1. The fraction of sp³-hybridized carbons (Fsp3) is 0.222. The summed E-state index contributed by atoms with van der Waals surface area (Å²) < 4.78 is 13.1. The summed E-state index contributed by atoms with van der Waals surface area (Å²) in [5.74, 6) is -0.641. The highest BCUT2D eigenvalue weighted by molar-refractivity contribution is 6.36. The molecule has 1 aromatic carbocycles. The fourth-order valence-corrected chi connectivity index (χ4v) is 1.82. The van der Waals surface area contributed by atoms with Crippen molar-refractivity contribution in [3.63, 3.8) is 0 Å². The minimum atomic E-state index is -1.39. The van der Waals surface area contributed by atoms with Crippen LogP contribution < -0.4 is 5.73 Å². The average Bonchev–Trinajstić information content (AvgIpc) is 2.12. The number of rotatable bonds is 1. The molecule has 0 fully saturated rings. The van der Waals surface area contributed by atoms with Crippen LogP contribution in [-0.2, 0) is 5.54 Å². The third kappa shape index (κ3) is 1.83. The second-order valence-electron chi connectivity index (χ2n) is 3.03. The van der Waals surface area contributed by atoms with Crippen molar-refractivity contribution < 1.29 is 4.39 Å². The minimum absolute atomic E-state index is 0.114. The van der Waals surface area contributed by atoms with Gasteiger partial charge in [-0.3, -0.25) is 0 Å². The van der Waals surface area contributed by atoms with E-state index >= 15 is 0 Å². The molecule has 1 aromatic rings. The summed E-state index contributed by atoms with van der Waals surface area (Å²) in [7, 11) is 0.